The summed E-state index contributed by atoms with van der Waals surface area (Å²) in [6.45, 7) is 0. The molecule has 0 amide bonds. The van der Waals surface area contributed by atoms with E-state index in [9.17, 15) is 0 Å². The van der Waals surface area contributed by atoms with E-state index in [1.807, 2.05) is 0 Å². The average molecular weight is 807 g/mol. The van der Waals surface area contributed by atoms with Crippen LogP contribution in [-0.2, 0) is 20.1 Å². The van der Waals surface area contributed by atoms with E-state index in [4.69, 9.17) is 4.98 Å². The Hall–Kier alpha value is -4.88. The van der Waals surface area contributed by atoms with Gasteiger partial charge in [-0.05, 0) is 118 Å². The molecule has 1 aromatic heterocycles. The molecule has 0 spiro atoms. The van der Waals surface area contributed by atoms with Gasteiger partial charge in [0, 0.05) is 26.3 Å². The maximum atomic E-state index is 5.03. The molecule has 0 atom stereocenters. The smallest absolute Gasteiger partial charge is 0.0198 e. The summed E-state index contributed by atoms with van der Waals surface area (Å²) >= 11 is 0. The Morgan fingerprint density at radius 2 is 0.918 bits per heavy atom. The summed E-state index contributed by atoms with van der Waals surface area (Å²) in [6.07, 6.45) is 7.43. The fraction of sp³-hybridized carbons (Fsp3) is 0.128. The van der Waals surface area contributed by atoms with Crippen LogP contribution in [-0.4, -0.2) is 4.98 Å². The summed E-state index contributed by atoms with van der Waals surface area (Å²) in [5.41, 5.74) is 17.1. The predicted octanol–water partition coefficient (Wildman–Crippen LogP) is 12.6. The van der Waals surface area contributed by atoms with Crippen LogP contribution in [0.25, 0.3) is 66.9 Å². The summed E-state index contributed by atoms with van der Waals surface area (Å²) in [5, 5.41) is 0. The van der Waals surface area contributed by atoms with Gasteiger partial charge in [0.2, 0.25) is 0 Å². The average Bonchev–Trinajstić information content (AvgIpc) is 3.19. The first-order valence-electron chi connectivity index (χ1n) is 17.2. The maximum Gasteiger partial charge on any atom is 0.0198 e. The molecule has 239 valence electrons. The van der Waals surface area contributed by atoms with Crippen molar-refractivity contribution < 1.29 is 20.1 Å². The second kappa shape index (κ2) is 13.6. The van der Waals surface area contributed by atoms with Crippen LogP contribution >= 0.6 is 0 Å². The zero-order chi connectivity index (χ0) is 31.9. The van der Waals surface area contributed by atoms with Crippen molar-refractivity contribution in [1.82, 2.24) is 4.98 Å². The van der Waals surface area contributed by atoms with Gasteiger partial charge in [-0.2, -0.15) is 0 Å². The van der Waals surface area contributed by atoms with Crippen molar-refractivity contribution in [3.05, 3.63) is 175 Å². The summed E-state index contributed by atoms with van der Waals surface area (Å²) < 4.78 is 0. The molecule has 1 saturated carbocycles. The van der Waals surface area contributed by atoms with Crippen molar-refractivity contribution in [3.63, 3.8) is 0 Å². The molecule has 49 heavy (non-hydrogen) atoms. The molecule has 0 unspecified atom stereocenters. The molecule has 6 aromatic carbocycles. The van der Waals surface area contributed by atoms with Crippen LogP contribution in [0.2, 0.25) is 0 Å². The van der Waals surface area contributed by atoms with E-state index < -0.39 is 0 Å². The number of aromatic nitrogens is 1. The van der Waals surface area contributed by atoms with Crippen LogP contribution in [0.1, 0.15) is 48.6 Å². The monoisotopic (exact) mass is 807 g/mol. The fourth-order valence-corrected chi connectivity index (χ4v) is 8.03. The van der Waals surface area contributed by atoms with Crippen molar-refractivity contribution >= 4 is 0 Å². The second-order valence-electron chi connectivity index (χ2n) is 13.4. The summed E-state index contributed by atoms with van der Waals surface area (Å²) in [7, 11) is 0. The number of rotatable bonds is 6. The molecule has 0 saturated heterocycles. The molecule has 1 radical (unpaired) electrons. The Kier molecular flexibility index (Phi) is 8.68. The normalized spacial score (nSPS) is 16.1. The number of pyridine rings is 1. The van der Waals surface area contributed by atoms with Crippen molar-refractivity contribution in [3.8, 4) is 66.9 Å². The number of nitrogens with zero attached hydrogens (tertiary/aromatic N) is 1. The molecule has 2 heteroatoms. The van der Waals surface area contributed by atoms with Crippen LogP contribution in [0.5, 0.6) is 0 Å². The molecule has 0 N–H and O–H groups in total. The first-order valence-corrected chi connectivity index (χ1v) is 17.2. The van der Waals surface area contributed by atoms with Crippen LogP contribution in [0.15, 0.2) is 158 Å². The van der Waals surface area contributed by atoms with Gasteiger partial charge >= 0.3 is 0 Å². The molecule has 0 aliphatic heterocycles. The quantitative estimate of drug-likeness (QED) is 0.153. The van der Waals surface area contributed by atoms with Gasteiger partial charge in [0.15, 0.2) is 0 Å². The van der Waals surface area contributed by atoms with Crippen LogP contribution in [0, 0.1) is 6.07 Å². The van der Waals surface area contributed by atoms with E-state index >= 15 is 0 Å². The van der Waals surface area contributed by atoms with Crippen LogP contribution < -0.4 is 0 Å². The molecule has 3 aliphatic rings. The van der Waals surface area contributed by atoms with Crippen LogP contribution in [0.4, 0.5) is 0 Å². The van der Waals surface area contributed by atoms with Gasteiger partial charge in [0.05, 0.1) is 0 Å². The van der Waals surface area contributed by atoms with Gasteiger partial charge in [-0.15, -0.1) is 23.8 Å². The fourth-order valence-electron chi connectivity index (χ4n) is 8.03. The molecule has 7 aromatic rings. The number of hydrogen-bond acceptors (Lipinski definition) is 1. The largest absolute Gasteiger partial charge is 0.304 e. The Balaban J connectivity index is 0.00000348. The predicted molar refractivity (Wildman–Crippen MR) is 200 cm³/mol. The van der Waals surface area contributed by atoms with Gasteiger partial charge < -0.3 is 4.98 Å². The topological polar surface area (TPSA) is 12.9 Å². The summed E-state index contributed by atoms with van der Waals surface area (Å²) in [4.78, 5) is 5.03. The maximum absolute atomic E-state index is 5.03. The molecule has 1 nitrogen and oxygen atoms in total. The molecule has 10 rings (SSSR count). The van der Waals surface area contributed by atoms with Gasteiger partial charge in [-0.3, -0.25) is 0 Å². The minimum atomic E-state index is 0. The minimum Gasteiger partial charge on any atom is -0.304 e. The van der Waals surface area contributed by atoms with E-state index in [0.717, 1.165) is 11.3 Å². The van der Waals surface area contributed by atoms with E-state index in [0.29, 0.717) is 11.8 Å². The zero-order valence-electron chi connectivity index (χ0n) is 27.3. The molecule has 3 aliphatic carbocycles. The Morgan fingerprint density at radius 3 is 1.53 bits per heavy atom. The number of hydrogen-bond donors (Lipinski definition) is 0. The van der Waals surface area contributed by atoms with Gasteiger partial charge in [0.1, 0.15) is 0 Å². The minimum absolute atomic E-state index is 0. The zero-order valence-corrected chi connectivity index (χ0v) is 29.7. The molecule has 2 bridgehead atoms. The van der Waals surface area contributed by atoms with Gasteiger partial charge in [-0.25, -0.2) is 0 Å². The van der Waals surface area contributed by atoms with E-state index in [-0.39, 0.29) is 20.1 Å². The van der Waals surface area contributed by atoms with Gasteiger partial charge in [-0.1, -0.05) is 132 Å². The second-order valence-corrected chi connectivity index (χ2v) is 13.4. The van der Waals surface area contributed by atoms with Crippen molar-refractivity contribution in [2.24, 2.45) is 0 Å². The third-order valence-electron chi connectivity index (χ3n) is 10.5. The molecule has 1 heterocycles. The Labute approximate surface area is 303 Å². The summed E-state index contributed by atoms with van der Waals surface area (Å²) in [6, 6.07) is 58.6. The van der Waals surface area contributed by atoms with E-state index in [2.05, 4.69) is 164 Å². The Bertz CT molecular complexity index is 2180. The van der Waals surface area contributed by atoms with Crippen molar-refractivity contribution in [2.75, 3.05) is 0 Å². The Morgan fingerprint density at radius 1 is 0.429 bits per heavy atom. The molecule has 1 fully saturated rings. The van der Waals surface area contributed by atoms with Gasteiger partial charge in [0.25, 0.3) is 0 Å². The first kappa shape index (κ1) is 31.4. The van der Waals surface area contributed by atoms with Crippen LogP contribution in [0.3, 0.4) is 0 Å². The summed E-state index contributed by atoms with van der Waals surface area (Å²) in [5.74, 6) is 1.37. The first-order chi connectivity index (χ1) is 23.8. The SMILES string of the molecule is [Ir].[c-]1cc(-c2ccccc2)c(-c2cccc(-c3cc(-c4ccccc4)cc(-c4ccccc4)c3)c2)cc1-c1cc2c(cn1)C1CCC2CC1. The number of benzene rings is 6. The third kappa shape index (κ3) is 6.12. The van der Waals surface area contributed by atoms with Crippen molar-refractivity contribution in [2.45, 2.75) is 37.5 Å². The van der Waals surface area contributed by atoms with E-state index in [1.54, 1.807) is 0 Å². The standard InChI is InChI=1S/C47H36N.Ir/c1-4-11-32(12-5-1)40-26-41(33-13-6-2-7-14-33)28-42(27-40)37-17-10-18-38(25-37)44-29-39(23-24-43(44)34-15-8-3-9-16-34)47-30-45-35-19-21-36(22-20-35)46(45)31-48-47;/h1-18,24-31,35-36H,19-22H2;/q-1;. The van der Waals surface area contributed by atoms with Crippen molar-refractivity contribution in [1.29, 1.82) is 0 Å². The number of fused-ring (bicyclic) bond motifs is 2. The molecular weight excluding hydrogens is 771 g/mol. The molecular formula is C47H36IrN-. The van der Waals surface area contributed by atoms with E-state index in [1.165, 1.54) is 92.4 Å². The third-order valence-corrected chi connectivity index (χ3v) is 10.5.